The highest BCUT2D eigenvalue weighted by atomic mass is 16.3. The van der Waals surface area contributed by atoms with Crippen molar-refractivity contribution in [3.8, 4) is 0 Å². The first-order valence-corrected chi connectivity index (χ1v) is 5.43. The van der Waals surface area contributed by atoms with Crippen molar-refractivity contribution >= 4 is 11.0 Å². The molecule has 0 unspecified atom stereocenters. The van der Waals surface area contributed by atoms with Gasteiger partial charge in [-0.05, 0) is 36.2 Å². The number of hydrogen-bond acceptors (Lipinski definition) is 2. The lowest BCUT2D eigenvalue weighted by Gasteiger charge is -2.03. The zero-order chi connectivity index (χ0) is 10.8. The fourth-order valence-corrected chi connectivity index (χ4v) is 1.74. The molecular formula is C13H17NO. The van der Waals surface area contributed by atoms with Gasteiger partial charge < -0.3 is 10.2 Å². The summed E-state index contributed by atoms with van der Waals surface area (Å²) in [5.74, 6) is 1.54. The van der Waals surface area contributed by atoms with Crippen LogP contribution in [0.25, 0.3) is 11.0 Å². The minimum Gasteiger partial charge on any atom is -0.461 e. The largest absolute Gasteiger partial charge is 0.461 e. The number of benzene rings is 1. The van der Waals surface area contributed by atoms with Gasteiger partial charge in [-0.3, -0.25) is 0 Å². The molecule has 15 heavy (non-hydrogen) atoms. The summed E-state index contributed by atoms with van der Waals surface area (Å²) in [6.45, 7) is 5.03. The highest BCUT2D eigenvalue weighted by Crippen LogP contribution is 2.24. The standard InChI is InChI=1S/C13H17NO/c1-9(2)10-3-4-13-11(7-10)8-12(15-13)5-6-14/h3-4,7-9H,5-6,14H2,1-2H3. The fourth-order valence-electron chi connectivity index (χ4n) is 1.74. The van der Waals surface area contributed by atoms with Crippen LogP contribution in [0.4, 0.5) is 0 Å². The molecule has 0 bridgehead atoms. The monoisotopic (exact) mass is 203 g/mol. The van der Waals surface area contributed by atoms with E-state index in [0.717, 1.165) is 17.8 Å². The van der Waals surface area contributed by atoms with Crippen molar-refractivity contribution in [2.45, 2.75) is 26.2 Å². The van der Waals surface area contributed by atoms with Gasteiger partial charge in [-0.2, -0.15) is 0 Å². The Kier molecular flexibility index (Phi) is 2.78. The predicted octanol–water partition coefficient (Wildman–Crippen LogP) is 3.06. The van der Waals surface area contributed by atoms with E-state index in [2.05, 4.69) is 32.0 Å². The third-order valence-electron chi connectivity index (χ3n) is 2.65. The van der Waals surface area contributed by atoms with E-state index in [-0.39, 0.29) is 0 Å². The lowest BCUT2D eigenvalue weighted by Crippen LogP contribution is -2.01. The quantitative estimate of drug-likeness (QED) is 0.832. The van der Waals surface area contributed by atoms with Crippen LogP contribution in [0.5, 0.6) is 0 Å². The number of rotatable bonds is 3. The van der Waals surface area contributed by atoms with Gasteiger partial charge in [0, 0.05) is 11.8 Å². The molecule has 0 radical (unpaired) electrons. The Morgan fingerprint density at radius 3 is 2.73 bits per heavy atom. The molecule has 0 spiro atoms. The average molecular weight is 203 g/mol. The van der Waals surface area contributed by atoms with Gasteiger partial charge in [-0.25, -0.2) is 0 Å². The molecule has 0 amide bonds. The van der Waals surface area contributed by atoms with Crippen LogP contribution in [0.15, 0.2) is 28.7 Å². The summed E-state index contributed by atoms with van der Waals surface area (Å²) >= 11 is 0. The molecule has 1 heterocycles. The topological polar surface area (TPSA) is 39.2 Å². The molecule has 2 N–H and O–H groups in total. The minimum atomic E-state index is 0.558. The van der Waals surface area contributed by atoms with Gasteiger partial charge in [0.2, 0.25) is 0 Å². The van der Waals surface area contributed by atoms with Crippen molar-refractivity contribution in [2.24, 2.45) is 5.73 Å². The Labute approximate surface area is 90.1 Å². The molecule has 1 aromatic carbocycles. The molecule has 0 aliphatic carbocycles. The Morgan fingerprint density at radius 2 is 2.07 bits per heavy atom. The van der Waals surface area contributed by atoms with Gasteiger partial charge in [-0.1, -0.05) is 19.9 Å². The summed E-state index contributed by atoms with van der Waals surface area (Å²) in [6.07, 6.45) is 0.811. The van der Waals surface area contributed by atoms with E-state index in [0.29, 0.717) is 12.5 Å². The van der Waals surface area contributed by atoms with E-state index in [1.54, 1.807) is 0 Å². The van der Waals surface area contributed by atoms with Gasteiger partial charge in [-0.15, -0.1) is 0 Å². The van der Waals surface area contributed by atoms with E-state index in [9.17, 15) is 0 Å². The first kappa shape index (κ1) is 10.2. The zero-order valence-electron chi connectivity index (χ0n) is 9.29. The van der Waals surface area contributed by atoms with Crippen LogP contribution in [0.3, 0.4) is 0 Å². The third-order valence-corrected chi connectivity index (χ3v) is 2.65. The molecule has 2 heteroatoms. The lowest BCUT2D eigenvalue weighted by atomic mass is 10.0. The number of nitrogens with two attached hydrogens (primary N) is 1. The van der Waals surface area contributed by atoms with E-state index < -0.39 is 0 Å². The number of hydrogen-bond donors (Lipinski definition) is 1. The van der Waals surface area contributed by atoms with Crippen molar-refractivity contribution in [3.63, 3.8) is 0 Å². The molecule has 0 aliphatic heterocycles. The van der Waals surface area contributed by atoms with E-state index in [4.69, 9.17) is 10.2 Å². The molecule has 80 valence electrons. The smallest absolute Gasteiger partial charge is 0.134 e. The Hall–Kier alpha value is -1.28. The normalized spacial score (nSPS) is 11.5. The second-order valence-corrected chi connectivity index (χ2v) is 4.20. The molecule has 0 saturated heterocycles. The number of furan rings is 1. The van der Waals surface area contributed by atoms with Crippen molar-refractivity contribution < 1.29 is 4.42 Å². The van der Waals surface area contributed by atoms with Crippen LogP contribution in [-0.4, -0.2) is 6.54 Å². The molecule has 0 aliphatic rings. The number of fused-ring (bicyclic) bond motifs is 1. The molecule has 2 aromatic rings. The SMILES string of the molecule is CC(C)c1ccc2oc(CCN)cc2c1. The molecule has 0 saturated carbocycles. The van der Waals surface area contributed by atoms with Crippen LogP contribution in [0.1, 0.15) is 31.1 Å². The Bertz CT molecular complexity index is 457. The first-order chi connectivity index (χ1) is 7.20. The molecule has 2 rings (SSSR count). The predicted molar refractivity (Wildman–Crippen MR) is 63.1 cm³/mol. The van der Waals surface area contributed by atoms with E-state index in [1.165, 1.54) is 10.9 Å². The van der Waals surface area contributed by atoms with Crippen LogP contribution >= 0.6 is 0 Å². The molecule has 0 atom stereocenters. The summed E-state index contributed by atoms with van der Waals surface area (Å²) in [5, 5.41) is 1.18. The highest BCUT2D eigenvalue weighted by Gasteiger charge is 2.05. The van der Waals surface area contributed by atoms with Crippen molar-refractivity contribution in [1.29, 1.82) is 0 Å². The molecule has 1 aromatic heterocycles. The second kappa shape index (κ2) is 4.07. The maximum Gasteiger partial charge on any atom is 0.134 e. The van der Waals surface area contributed by atoms with E-state index in [1.807, 2.05) is 6.07 Å². The van der Waals surface area contributed by atoms with Crippen molar-refractivity contribution in [3.05, 3.63) is 35.6 Å². The average Bonchev–Trinajstić information content (AvgIpc) is 2.59. The summed E-state index contributed by atoms with van der Waals surface area (Å²) in [7, 11) is 0. The van der Waals surface area contributed by atoms with Gasteiger partial charge in [0.1, 0.15) is 11.3 Å². The second-order valence-electron chi connectivity index (χ2n) is 4.20. The molecule has 0 fully saturated rings. The maximum absolute atomic E-state index is 5.66. The fraction of sp³-hybridized carbons (Fsp3) is 0.385. The van der Waals surface area contributed by atoms with Crippen molar-refractivity contribution in [2.75, 3.05) is 6.54 Å². The summed E-state index contributed by atoms with van der Waals surface area (Å²) in [6, 6.07) is 8.46. The summed E-state index contributed by atoms with van der Waals surface area (Å²) in [4.78, 5) is 0. The van der Waals surface area contributed by atoms with Gasteiger partial charge in [0.15, 0.2) is 0 Å². The van der Waals surface area contributed by atoms with Gasteiger partial charge in [0.05, 0.1) is 0 Å². The van der Waals surface area contributed by atoms with Crippen molar-refractivity contribution in [1.82, 2.24) is 0 Å². The van der Waals surface area contributed by atoms with Gasteiger partial charge >= 0.3 is 0 Å². The van der Waals surface area contributed by atoms with Gasteiger partial charge in [0.25, 0.3) is 0 Å². The van der Waals surface area contributed by atoms with Crippen LogP contribution in [0.2, 0.25) is 0 Å². The minimum absolute atomic E-state index is 0.558. The van der Waals surface area contributed by atoms with Crippen LogP contribution in [-0.2, 0) is 6.42 Å². The Morgan fingerprint density at radius 1 is 1.27 bits per heavy atom. The Balaban J connectivity index is 2.43. The van der Waals surface area contributed by atoms with Crippen LogP contribution < -0.4 is 5.73 Å². The molecular weight excluding hydrogens is 186 g/mol. The third kappa shape index (κ3) is 2.05. The molecule has 2 nitrogen and oxygen atoms in total. The summed E-state index contributed by atoms with van der Waals surface area (Å²) in [5.41, 5.74) is 7.81. The zero-order valence-corrected chi connectivity index (χ0v) is 9.29. The summed E-state index contributed by atoms with van der Waals surface area (Å²) < 4.78 is 5.66. The highest BCUT2D eigenvalue weighted by molar-refractivity contribution is 5.78. The first-order valence-electron chi connectivity index (χ1n) is 5.43. The van der Waals surface area contributed by atoms with Crippen LogP contribution in [0, 0.1) is 0 Å². The van der Waals surface area contributed by atoms with E-state index >= 15 is 0 Å². The lowest BCUT2D eigenvalue weighted by molar-refractivity contribution is 0.550. The maximum atomic E-state index is 5.66.